The van der Waals surface area contributed by atoms with E-state index in [9.17, 15) is 24.3 Å². The fourth-order valence-electron chi connectivity index (χ4n) is 4.15. The molecule has 0 unspecified atom stereocenters. The second-order valence-corrected chi connectivity index (χ2v) is 10.7. The number of nitrogens with one attached hydrogen (secondary N) is 2. The summed E-state index contributed by atoms with van der Waals surface area (Å²) in [5.74, 6) is -2.33. The number of hydrogen-bond acceptors (Lipinski definition) is 6. The van der Waals surface area contributed by atoms with E-state index in [0.717, 1.165) is 4.68 Å². The van der Waals surface area contributed by atoms with Crippen LogP contribution in [0.15, 0.2) is 36.5 Å². The van der Waals surface area contributed by atoms with Crippen LogP contribution in [0.5, 0.6) is 0 Å². The van der Waals surface area contributed by atoms with Crippen LogP contribution in [0.2, 0.25) is 15.1 Å². The highest BCUT2D eigenvalue weighted by Crippen LogP contribution is 2.35. The van der Waals surface area contributed by atoms with Crippen LogP contribution in [0, 0.1) is 0 Å². The van der Waals surface area contributed by atoms with E-state index in [-0.39, 0.29) is 34.0 Å². The lowest BCUT2D eigenvalue weighted by Crippen LogP contribution is -2.49. The van der Waals surface area contributed by atoms with Gasteiger partial charge in [-0.2, -0.15) is 4.68 Å². The van der Waals surface area contributed by atoms with Gasteiger partial charge >= 0.3 is 12.0 Å². The highest BCUT2D eigenvalue weighted by Gasteiger charge is 2.30. The Hall–Kier alpha value is -3.67. The molecular weight excluding hydrogens is 583 g/mol. The number of benzene rings is 2. The van der Waals surface area contributed by atoms with E-state index in [0.29, 0.717) is 40.4 Å². The first-order valence-corrected chi connectivity index (χ1v) is 13.4. The van der Waals surface area contributed by atoms with Gasteiger partial charge in [0.15, 0.2) is 0 Å². The molecule has 1 atom stereocenters. The molecule has 1 aliphatic heterocycles. The van der Waals surface area contributed by atoms with Crippen molar-refractivity contribution < 1.29 is 24.3 Å². The molecule has 210 valence electrons. The molecule has 0 saturated heterocycles. The van der Waals surface area contributed by atoms with Crippen LogP contribution in [0.25, 0.3) is 0 Å². The smallest absolute Gasteiger partial charge is 0.343 e. The van der Waals surface area contributed by atoms with E-state index in [1.807, 2.05) is 13.8 Å². The van der Waals surface area contributed by atoms with E-state index in [1.54, 1.807) is 35.2 Å². The Morgan fingerprint density at radius 2 is 1.80 bits per heavy atom. The quantitative estimate of drug-likeness (QED) is 0.368. The maximum Gasteiger partial charge on any atom is 0.343 e. The summed E-state index contributed by atoms with van der Waals surface area (Å²) in [5, 5.41) is 22.6. The molecule has 1 aromatic heterocycles. The number of rotatable bonds is 7. The Labute approximate surface area is 244 Å². The van der Waals surface area contributed by atoms with Gasteiger partial charge in [-0.1, -0.05) is 53.9 Å². The predicted molar refractivity (Wildman–Crippen MR) is 148 cm³/mol. The van der Waals surface area contributed by atoms with Gasteiger partial charge in [-0.15, -0.1) is 5.10 Å². The zero-order chi connectivity index (χ0) is 29.1. The van der Waals surface area contributed by atoms with Gasteiger partial charge in [-0.05, 0) is 53.8 Å². The number of carboxylic acid groups (broad SMARTS) is 1. The predicted octanol–water partition coefficient (Wildman–Crippen LogP) is 4.00. The highest BCUT2D eigenvalue weighted by atomic mass is 35.5. The number of carboxylic acids is 1. The van der Waals surface area contributed by atoms with E-state index in [2.05, 4.69) is 20.9 Å². The minimum absolute atomic E-state index is 0.000883. The summed E-state index contributed by atoms with van der Waals surface area (Å²) >= 11 is 18.9. The summed E-state index contributed by atoms with van der Waals surface area (Å²) in [6.45, 7) is 3.91. The Kier molecular flexibility index (Phi) is 8.97. The molecule has 0 fully saturated rings. The van der Waals surface area contributed by atoms with Crippen molar-refractivity contribution in [3.8, 4) is 0 Å². The first-order chi connectivity index (χ1) is 19.0. The van der Waals surface area contributed by atoms with Gasteiger partial charge in [0.25, 0.3) is 11.8 Å². The SMILES string of the molecule is CC(C)c1cn(C(=O)NC[C@H](NC(=O)c2c(Cl)cc3c(c2Cl)CCN(C(=O)c2ccc(Cl)cc2)C3)C(=O)O)nn1. The molecule has 14 heteroatoms. The molecule has 3 aromatic rings. The first kappa shape index (κ1) is 29.3. The van der Waals surface area contributed by atoms with Gasteiger partial charge < -0.3 is 20.6 Å². The van der Waals surface area contributed by atoms with Gasteiger partial charge in [0.05, 0.1) is 34.0 Å². The van der Waals surface area contributed by atoms with Crippen molar-refractivity contribution in [2.24, 2.45) is 0 Å². The van der Waals surface area contributed by atoms with Crippen LogP contribution in [0.3, 0.4) is 0 Å². The molecule has 3 N–H and O–H groups in total. The van der Waals surface area contributed by atoms with Crippen LogP contribution >= 0.6 is 34.8 Å². The Morgan fingerprint density at radius 1 is 1.10 bits per heavy atom. The van der Waals surface area contributed by atoms with Gasteiger partial charge in [0.1, 0.15) is 6.04 Å². The lowest BCUT2D eigenvalue weighted by atomic mass is 9.96. The molecule has 40 heavy (non-hydrogen) atoms. The number of aliphatic carboxylic acids is 1. The number of amides is 3. The van der Waals surface area contributed by atoms with Gasteiger partial charge in [-0.25, -0.2) is 9.59 Å². The maximum atomic E-state index is 13.1. The average Bonchev–Trinajstić information content (AvgIpc) is 3.41. The van der Waals surface area contributed by atoms with Crippen molar-refractivity contribution in [1.82, 2.24) is 30.5 Å². The summed E-state index contributed by atoms with van der Waals surface area (Å²) in [4.78, 5) is 51.9. The molecule has 0 spiro atoms. The molecule has 0 bridgehead atoms. The molecule has 0 aliphatic carbocycles. The Morgan fingerprint density at radius 3 is 2.42 bits per heavy atom. The lowest BCUT2D eigenvalue weighted by molar-refractivity contribution is -0.139. The van der Waals surface area contributed by atoms with Crippen LogP contribution in [0.1, 0.15) is 57.3 Å². The van der Waals surface area contributed by atoms with Crippen molar-refractivity contribution >= 4 is 58.6 Å². The number of aromatic nitrogens is 3. The molecular formula is C26H25Cl3N6O5. The second kappa shape index (κ2) is 12.2. The Balaban J connectivity index is 1.45. The van der Waals surface area contributed by atoms with Crippen molar-refractivity contribution in [3.05, 3.63) is 79.5 Å². The minimum atomic E-state index is -1.49. The lowest BCUT2D eigenvalue weighted by Gasteiger charge is -2.30. The highest BCUT2D eigenvalue weighted by molar-refractivity contribution is 6.40. The zero-order valence-corrected chi connectivity index (χ0v) is 23.7. The molecule has 0 radical (unpaired) electrons. The first-order valence-electron chi connectivity index (χ1n) is 12.2. The Bertz CT molecular complexity index is 1470. The van der Waals surface area contributed by atoms with Gasteiger partial charge in [-0.3, -0.25) is 9.59 Å². The van der Waals surface area contributed by atoms with Crippen molar-refractivity contribution in [2.45, 2.75) is 38.8 Å². The van der Waals surface area contributed by atoms with Crippen molar-refractivity contribution in [1.29, 1.82) is 0 Å². The summed E-state index contributed by atoms with van der Waals surface area (Å²) in [7, 11) is 0. The number of halogens is 3. The normalized spacial score (nSPS) is 13.5. The number of nitrogens with zero attached hydrogens (tertiary/aromatic N) is 4. The van der Waals surface area contributed by atoms with Gasteiger partial charge in [0, 0.05) is 23.7 Å². The van der Waals surface area contributed by atoms with Gasteiger partial charge in [0.2, 0.25) is 0 Å². The number of hydrogen-bond donors (Lipinski definition) is 3. The van der Waals surface area contributed by atoms with E-state index >= 15 is 0 Å². The molecule has 0 saturated carbocycles. The third-order valence-electron chi connectivity index (χ3n) is 6.38. The van der Waals surface area contributed by atoms with Crippen LogP contribution in [0.4, 0.5) is 4.79 Å². The summed E-state index contributed by atoms with van der Waals surface area (Å²) in [6.07, 6.45) is 1.80. The molecule has 1 aliphatic rings. The number of carbonyl (C=O) groups excluding carboxylic acids is 3. The average molecular weight is 608 g/mol. The summed E-state index contributed by atoms with van der Waals surface area (Å²) < 4.78 is 0.953. The molecule has 3 amide bonds. The van der Waals surface area contributed by atoms with E-state index in [1.165, 1.54) is 6.20 Å². The molecule has 2 aromatic carbocycles. The van der Waals surface area contributed by atoms with E-state index in [4.69, 9.17) is 34.8 Å². The summed E-state index contributed by atoms with van der Waals surface area (Å²) in [6, 6.07) is 5.92. The molecule has 11 nitrogen and oxygen atoms in total. The van der Waals surface area contributed by atoms with Crippen molar-refractivity contribution in [3.63, 3.8) is 0 Å². The zero-order valence-electron chi connectivity index (χ0n) is 21.5. The third kappa shape index (κ3) is 6.38. The molecule has 4 rings (SSSR count). The second-order valence-electron chi connectivity index (χ2n) is 9.46. The third-order valence-corrected chi connectivity index (χ3v) is 7.35. The molecule has 2 heterocycles. The van der Waals surface area contributed by atoms with Crippen LogP contribution in [-0.2, 0) is 17.8 Å². The largest absolute Gasteiger partial charge is 0.480 e. The minimum Gasteiger partial charge on any atom is -0.480 e. The fourth-order valence-corrected chi connectivity index (χ4v) is 5.04. The van der Waals surface area contributed by atoms with Crippen molar-refractivity contribution in [2.75, 3.05) is 13.1 Å². The topological polar surface area (TPSA) is 147 Å². The van der Waals surface area contributed by atoms with Crippen LogP contribution in [-0.4, -0.2) is 67.9 Å². The standard InChI is InChI=1S/C26H25Cl3N6O5/c1-13(2)20-12-35(33-32-20)26(40)30-10-19(25(38)39)31-23(36)21-18(28)9-15-11-34(8-7-17(15)22(21)29)24(37)14-3-5-16(27)6-4-14/h3-6,9,12-13,19H,7-8,10-11H2,1-2H3,(H,30,40)(H,31,36)(H,38,39)/t19-/m0/s1. The summed E-state index contributed by atoms with van der Waals surface area (Å²) in [5.41, 5.74) is 2.30. The monoisotopic (exact) mass is 606 g/mol. The van der Waals surface area contributed by atoms with Crippen LogP contribution < -0.4 is 10.6 Å². The maximum absolute atomic E-state index is 13.1. The van der Waals surface area contributed by atoms with E-state index < -0.39 is 30.5 Å². The number of fused-ring (bicyclic) bond motifs is 1. The fraction of sp³-hybridized carbons (Fsp3) is 0.308. The number of carbonyl (C=O) groups is 4.